The first-order valence-electron chi connectivity index (χ1n) is 23.2. The van der Waals surface area contributed by atoms with E-state index < -0.39 is 0 Å². The maximum absolute atomic E-state index is 2.99. The summed E-state index contributed by atoms with van der Waals surface area (Å²) >= 11 is 2.92. The van der Waals surface area contributed by atoms with Gasteiger partial charge in [-0.15, -0.1) is 92.3 Å². The van der Waals surface area contributed by atoms with Crippen LogP contribution in [0.4, 0.5) is 0 Å². The summed E-state index contributed by atoms with van der Waals surface area (Å²) in [5.74, 6) is 0. The molecule has 10 aromatic carbocycles. The summed E-state index contributed by atoms with van der Waals surface area (Å²) in [7, 11) is 0. The second-order valence-corrected chi connectivity index (χ2v) is 19.3. The van der Waals surface area contributed by atoms with E-state index in [1.807, 2.05) is 24.3 Å². The molecule has 0 atom stereocenters. The van der Waals surface area contributed by atoms with Crippen molar-refractivity contribution in [1.29, 1.82) is 0 Å². The third-order valence-electron chi connectivity index (χ3n) is 11.5. The van der Waals surface area contributed by atoms with Crippen molar-refractivity contribution in [2.24, 2.45) is 0 Å². The van der Waals surface area contributed by atoms with Gasteiger partial charge in [0.1, 0.15) is 0 Å². The molecule has 0 saturated heterocycles. The summed E-state index contributed by atoms with van der Waals surface area (Å²) in [6.45, 7) is 8.56. The molecule has 344 valence electrons. The first-order valence-corrected chi connectivity index (χ1v) is 25.6. The van der Waals surface area contributed by atoms with Gasteiger partial charge in [-0.2, -0.15) is 12.2 Å². The number of hydrogen-bond acceptors (Lipinski definition) is 0. The van der Waals surface area contributed by atoms with E-state index in [-0.39, 0.29) is 24.8 Å². The van der Waals surface area contributed by atoms with Crippen LogP contribution in [-0.2, 0) is 48.5 Å². The standard InChI is InChI=1S/2C15H13.2C13H10.2C5H5.2ClH.2Zr/c2*1-10-3-5-14-12(7-10)9-13-8-11(2)4-6-15(13)14;2*1-3-7-12(8-4-1)11-13-9-5-2-6-10-13;2*1-2-4-5-3-1;;;;/h2*3-9H,1-2H3;2*1-10H;2*1-3H,4H2;2*1H;;/q2*-1;;;2*-1;;;2*+2/p-2. The maximum atomic E-state index is 2.99. The average Bonchev–Trinajstić information content (AvgIpc) is 4.25. The van der Waals surface area contributed by atoms with Crippen molar-refractivity contribution in [1.82, 2.24) is 0 Å². The van der Waals surface area contributed by atoms with Crippen LogP contribution in [0.3, 0.4) is 0 Å². The molecule has 0 aliphatic heterocycles. The van der Waals surface area contributed by atoms with Crippen LogP contribution in [0.5, 0.6) is 0 Å². The minimum absolute atomic E-state index is 0. The number of aryl methyl sites for hydroxylation is 4. The van der Waals surface area contributed by atoms with Crippen LogP contribution in [0.2, 0.25) is 0 Å². The third kappa shape index (κ3) is 16.3. The molecule has 0 unspecified atom stereocenters. The first-order chi connectivity index (χ1) is 33.2. The van der Waals surface area contributed by atoms with Crippen LogP contribution >= 0.6 is 0 Å². The molecule has 0 nitrogen and oxygen atoms in total. The number of hydrogen-bond donors (Lipinski definition) is 0. The Hall–Kier alpha value is -5.45. The van der Waals surface area contributed by atoms with E-state index in [2.05, 4.69) is 258 Å². The Morgan fingerprint density at radius 1 is 0.357 bits per heavy atom. The first kappa shape index (κ1) is 55.5. The summed E-state index contributed by atoms with van der Waals surface area (Å²) in [6, 6.07) is 73.4. The fraction of sp³-hybridized carbons (Fsp3) is 0.0909. The van der Waals surface area contributed by atoms with Crippen LogP contribution in [0.15, 0.2) is 243 Å². The van der Waals surface area contributed by atoms with Crippen LogP contribution < -0.4 is 24.8 Å². The second-order valence-electron chi connectivity index (χ2n) is 16.9. The van der Waals surface area contributed by atoms with Gasteiger partial charge in [0.25, 0.3) is 0 Å². The molecule has 0 heterocycles. The Morgan fingerprint density at radius 3 is 0.786 bits per heavy atom. The Labute approximate surface area is 458 Å². The number of fused-ring (bicyclic) bond motifs is 6. The molecule has 0 saturated carbocycles. The van der Waals surface area contributed by atoms with Gasteiger partial charge in [-0.25, -0.2) is 24.3 Å². The number of allylic oxidation sites excluding steroid dienone is 8. The van der Waals surface area contributed by atoms with E-state index in [0.717, 1.165) is 12.8 Å². The normalized spacial score (nSPS) is 11.3. The van der Waals surface area contributed by atoms with Gasteiger partial charge in [0.05, 0.1) is 0 Å². The average molecular weight is 1100 g/mol. The fourth-order valence-corrected chi connectivity index (χ4v) is 9.59. The van der Waals surface area contributed by atoms with Gasteiger partial charge in [0.15, 0.2) is 0 Å². The van der Waals surface area contributed by atoms with Crippen molar-refractivity contribution in [3.8, 4) is 0 Å². The molecule has 0 fully saturated rings. The molecule has 2 aliphatic rings. The van der Waals surface area contributed by atoms with Crippen molar-refractivity contribution in [2.75, 3.05) is 0 Å². The predicted octanol–water partition coefficient (Wildman–Crippen LogP) is 10.9. The molecule has 12 rings (SSSR count). The summed E-state index contributed by atoms with van der Waals surface area (Å²) in [5, 5.41) is 10.9. The van der Waals surface area contributed by atoms with Gasteiger partial charge in [0, 0.05) is 0 Å². The Balaban J connectivity index is 0.000000161. The molecule has 0 amide bonds. The monoisotopic (exact) mass is 1100 g/mol. The van der Waals surface area contributed by atoms with Crippen molar-refractivity contribution in [2.45, 2.75) is 40.5 Å². The van der Waals surface area contributed by atoms with Crippen molar-refractivity contribution >= 4 is 49.5 Å². The van der Waals surface area contributed by atoms with Crippen molar-refractivity contribution in [3.63, 3.8) is 0 Å². The molecule has 4 heteroatoms. The van der Waals surface area contributed by atoms with Crippen molar-refractivity contribution in [3.05, 3.63) is 299 Å². The van der Waals surface area contributed by atoms with Gasteiger partial charge >= 0.3 is 198 Å². The van der Waals surface area contributed by atoms with Gasteiger partial charge in [-0.05, 0) is 27.7 Å². The summed E-state index contributed by atoms with van der Waals surface area (Å²) in [6.07, 6.45) is 20.0. The van der Waals surface area contributed by atoms with Gasteiger partial charge in [-0.1, -0.05) is 70.8 Å². The zero-order valence-electron chi connectivity index (χ0n) is 40.3. The predicted molar refractivity (Wildman–Crippen MR) is 288 cm³/mol. The Bertz CT molecular complexity index is 2890. The minimum atomic E-state index is 0. The third-order valence-corrected chi connectivity index (χ3v) is 14.3. The molecular formula is C66H56Cl2Zr2-2. The zero-order valence-corrected chi connectivity index (χ0v) is 46.7. The molecular weight excluding hydrogens is 1050 g/mol. The fourth-order valence-electron chi connectivity index (χ4n) is 7.96. The Morgan fingerprint density at radius 2 is 0.600 bits per heavy atom. The molecule has 0 spiro atoms. The molecule has 2 aliphatic carbocycles. The second kappa shape index (κ2) is 29.0. The van der Waals surface area contributed by atoms with E-state index in [0.29, 0.717) is 0 Å². The SMILES string of the molecule is Cc1ccc2c(c1)[cH-]c1cc(C)ccc12.Cc1ccc2c(c1)[cH-]c1cc(C)ccc12.[C-]1=CC=CC1.[C-]1=CC=CC1.[Cl-].[Cl-].[Zr+2]=[C](c1ccccc1)c1ccccc1.[Zr+2]=[C](c1ccccc1)c1ccccc1. The number of benzene rings is 8. The van der Waals surface area contributed by atoms with Gasteiger partial charge in [0.2, 0.25) is 0 Å². The molecule has 0 radical (unpaired) electrons. The zero-order chi connectivity index (χ0) is 47.5. The number of rotatable bonds is 4. The van der Waals surface area contributed by atoms with Gasteiger partial charge in [-0.3, -0.25) is 12.2 Å². The van der Waals surface area contributed by atoms with Crippen LogP contribution in [0.1, 0.15) is 57.3 Å². The Kier molecular flexibility index (Phi) is 23.0. The molecule has 0 N–H and O–H groups in total. The quantitative estimate of drug-likeness (QED) is 0.154. The van der Waals surface area contributed by atoms with Crippen LogP contribution in [0, 0.1) is 39.8 Å². The number of halogens is 2. The van der Waals surface area contributed by atoms with E-state index in [9.17, 15) is 0 Å². The van der Waals surface area contributed by atoms with Crippen molar-refractivity contribution < 1.29 is 73.3 Å². The summed E-state index contributed by atoms with van der Waals surface area (Å²) in [5.41, 5.74) is 10.6. The van der Waals surface area contributed by atoms with Gasteiger partial charge < -0.3 is 24.8 Å². The van der Waals surface area contributed by atoms with Crippen LogP contribution in [0.25, 0.3) is 43.1 Å². The molecule has 0 aromatic heterocycles. The van der Waals surface area contributed by atoms with Crippen LogP contribution in [-0.4, -0.2) is 6.41 Å². The molecule has 10 aromatic rings. The van der Waals surface area contributed by atoms with E-state index in [1.54, 1.807) is 0 Å². The van der Waals surface area contributed by atoms with E-state index in [1.165, 1.54) is 142 Å². The summed E-state index contributed by atoms with van der Waals surface area (Å²) in [4.78, 5) is 0. The molecule has 0 bridgehead atoms. The van der Waals surface area contributed by atoms with E-state index in [4.69, 9.17) is 0 Å². The van der Waals surface area contributed by atoms with E-state index >= 15 is 0 Å². The topological polar surface area (TPSA) is 0 Å². The summed E-state index contributed by atoms with van der Waals surface area (Å²) < 4.78 is 2.83. The molecule has 70 heavy (non-hydrogen) atoms.